The van der Waals surface area contributed by atoms with Crippen LogP contribution in [0, 0.1) is 0 Å². The van der Waals surface area contributed by atoms with E-state index in [-0.39, 0.29) is 5.78 Å². The number of ketones is 1. The Hall–Kier alpha value is -2.17. The van der Waals surface area contributed by atoms with Crippen LogP contribution in [0.5, 0.6) is 5.75 Å². The molecule has 0 radical (unpaired) electrons. The largest absolute Gasteiger partial charge is 0.497 e. The predicted molar refractivity (Wildman–Crippen MR) is 90.9 cm³/mol. The van der Waals surface area contributed by atoms with E-state index in [9.17, 15) is 4.79 Å². The first-order valence-electron chi connectivity index (χ1n) is 7.79. The van der Waals surface area contributed by atoms with Crippen LogP contribution in [0.2, 0.25) is 0 Å². The highest BCUT2D eigenvalue weighted by Gasteiger charge is 2.06. The van der Waals surface area contributed by atoms with Gasteiger partial charge in [-0.25, -0.2) is 0 Å². The minimum Gasteiger partial charge on any atom is -0.497 e. The Morgan fingerprint density at radius 3 is 2.65 bits per heavy atom. The summed E-state index contributed by atoms with van der Waals surface area (Å²) in [6, 6.07) is 17.3. The SMILES string of the molecule is COc1cccc(C(=O)CCNCCOCc2ccccc2)c1. The van der Waals surface area contributed by atoms with Crippen LogP contribution in [0.3, 0.4) is 0 Å². The Balaban J connectivity index is 1.57. The first-order valence-corrected chi connectivity index (χ1v) is 7.79. The summed E-state index contributed by atoms with van der Waals surface area (Å²) in [5.41, 5.74) is 1.85. The van der Waals surface area contributed by atoms with Crippen LogP contribution in [0.1, 0.15) is 22.3 Å². The molecular weight excluding hydrogens is 290 g/mol. The van der Waals surface area contributed by atoms with Crippen molar-refractivity contribution in [3.63, 3.8) is 0 Å². The van der Waals surface area contributed by atoms with E-state index in [0.29, 0.717) is 37.5 Å². The van der Waals surface area contributed by atoms with Gasteiger partial charge in [0.25, 0.3) is 0 Å². The Morgan fingerprint density at radius 1 is 1.04 bits per heavy atom. The van der Waals surface area contributed by atoms with Crippen molar-refractivity contribution in [1.82, 2.24) is 5.32 Å². The zero-order valence-electron chi connectivity index (χ0n) is 13.5. The summed E-state index contributed by atoms with van der Waals surface area (Å²) in [5.74, 6) is 0.819. The van der Waals surface area contributed by atoms with Gasteiger partial charge in [-0.3, -0.25) is 4.79 Å². The number of Topliss-reactive ketones (excluding diaryl/α,β-unsaturated/α-hetero) is 1. The van der Waals surface area contributed by atoms with Crippen molar-refractivity contribution in [2.75, 3.05) is 26.8 Å². The standard InChI is InChI=1S/C19H23NO3/c1-22-18-9-5-8-17(14-18)19(21)10-11-20-12-13-23-15-16-6-3-2-4-7-16/h2-9,14,20H,10-13,15H2,1H3. The number of rotatable bonds is 10. The van der Waals surface area contributed by atoms with Crippen LogP contribution < -0.4 is 10.1 Å². The molecule has 0 unspecified atom stereocenters. The molecule has 0 aliphatic rings. The van der Waals surface area contributed by atoms with Gasteiger partial charge in [-0.05, 0) is 17.7 Å². The van der Waals surface area contributed by atoms with Crippen LogP contribution in [-0.4, -0.2) is 32.6 Å². The maximum Gasteiger partial charge on any atom is 0.164 e. The molecule has 2 rings (SSSR count). The molecule has 122 valence electrons. The summed E-state index contributed by atoms with van der Waals surface area (Å²) in [4.78, 5) is 12.1. The third-order valence-electron chi connectivity index (χ3n) is 3.46. The zero-order chi connectivity index (χ0) is 16.3. The monoisotopic (exact) mass is 313 g/mol. The van der Waals surface area contributed by atoms with Gasteiger partial charge in [-0.15, -0.1) is 0 Å². The van der Waals surface area contributed by atoms with E-state index in [1.807, 2.05) is 48.5 Å². The molecule has 0 amide bonds. The Bertz CT molecular complexity index is 599. The molecule has 0 saturated heterocycles. The smallest absolute Gasteiger partial charge is 0.164 e. The molecule has 0 saturated carbocycles. The van der Waals surface area contributed by atoms with Gasteiger partial charge in [0.15, 0.2) is 5.78 Å². The Labute approximate surface area is 137 Å². The fourth-order valence-electron chi connectivity index (χ4n) is 2.18. The molecule has 0 aromatic heterocycles. The lowest BCUT2D eigenvalue weighted by Crippen LogP contribution is -2.22. The van der Waals surface area contributed by atoms with E-state index in [2.05, 4.69) is 5.32 Å². The van der Waals surface area contributed by atoms with Gasteiger partial charge in [0.2, 0.25) is 0 Å². The third kappa shape index (κ3) is 6.22. The average molecular weight is 313 g/mol. The lowest BCUT2D eigenvalue weighted by molar-refractivity contribution is 0.0977. The van der Waals surface area contributed by atoms with E-state index in [1.165, 1.54) is 5.56 Å². The molecule has 0 aliphatic carbocycles. The minimum atomic E-state index is 0.113. The first-order chi connectivity index (χ1) is 11.3. The second-order valence-electron chi connectivity index (χ2n) is 5.19. The van der Waals surface area contributed by atoms with Gasteiger partial charge >= 0.3 is 0 Å². The summed E-state index contributed by atoms with van der Waals surface area (Å²) in [6.07, 6.45) is 0.464. The van der Waals surface area contributed by atoms with Gasteiger partial charge in [-0.1, -0.05) is 42.5 Å². The van der Waals surface area contributed by atoms with E-state index < -0.39 is 0 Å². The molecule has 0 aliphatic heterocycles. The number of hydrogen-bond acceptors (Lipinski definition) is 4. The lowest BCUT2D eigenvalue weighted by Gasteiger charge is -2.07. The van der Waals surface area contributed by atoms with Crippen molar-refractivity contribution < 1.29 is 14.3 Å². The zero-order valence-corrected chi connectivity index (χ0v) is 13.5. The van der Waals surface area contributed by atoms with Crippen molar-refractivity contribution in [2.24, 2.45) is 0 Å². The number of benzene rings is 2. The summed E-state index contributed by atoms with van der Waals surface area (Å²) in [5, 5.41) is 3.22. The van der Waals surface area contributed by atoms with Crippen LogP contribution in [-0.2, 0) is 11.3 Å². The molecule has 23 heavy (non-hydrogen) atoms. The number of carbonyl (C=O) groups excluding carboxylic acids is 1. The van der Waals surface area contributed by atoms with Crippen molar-refractivity contribution in [1.29, 1.82) is 0 Å². The number of methoxy groups -OCH3 is 1. The van der Waals surface area contributed by atoms with Gasteiger partial charge in [0.1, 0.15) is 5.75 Å². The fourth-order valence-corrected chi connectivity index (χ4v) is 2.18. The molecule has 0 heterocycles. The van der Waals surface area contributed by atoms with Gasteiger partial charge in [-0.2, -0.15) is 0 Å². The van der Waals surface area contributed by atoms with Crippen molar-refractivity contribution >= 4 is 5.78 Å². The molecule has 0 bridgehead atoms. The van der Waals surface area contributed by atoms with Crippen LogP contribution in [0.25, 0.3) is 0 Å². The molecule has 4 nitrogen and oxygen atoms in total. The molecule has 1 N–H and O–H groups in total. The molecule has 2 aromatic rings. The van der Waals surface area contributed by atoms with E-state index in [1.54, 1.807) is 13.2 Å². The first kappa shape index (κ1) is 17.2. The van der Waals surface area contributed by atoms with Crippen LogP contribution in [0.15, 0.2) is 54.6 Å². The second kappa shape index (κ2) is 9.77. The fraction of sp³-hybridized carbons (Fsp3) is 0.316. The van der Waals surface area contributed by atoms with Crippen molar-refractivity contribution in [2.45, 2.75) is 13.0 Å². The Kier molecular flexibility index (Phi) is 7.30. The van der Waals surface area contributed by atoms with Crippen LogP contribution >= 0.6 is 0 Å². The quantitative estimate of drug-likeness (QED) is 0.541. The van der Waals surface area contributed by atoms with Gasteiger partial charge in [0.05, 0.1) is 20.3 Å². The molecule has 4 heteroatoms. The minimum absolute atomic E-state index is 0.113. The summed E-state index contributed by atoms with van der Waals surface area (Å²) >= 11 is 0. The predicted octanol–water partition coefficient (Wildman–Crippen LogP) is 3.07. The molecule has 0 fully saturated rings. The molecule has 0 atom stereocenters. The summed E-state index contributed by atoms with van der Waals surface area (Å²) in [6.45, 7) is 2.62. The number of nitrogens with one attached hydrogen (secondary N) is 1. The highest BCUT2D eigenvalue weighted by Crippen LogP contribution is 2.13. The van der Waals surface area contributed by atoms with Crippen molar-refractivity contribution in [3.05, 3.63) is 65.7 Å². The maximum absolute atomic E-state index is 12.1. The van der Waals surface area contributed by atoms with E-state index in [0.717, 1.165) is 6.54 Å². The highest BCUT2D eigenvalue weighted by atomic mass is 16.5. The van der Waals surface area contributed by atoms with Crippen molar-refractivity contribution in [3.8, 4) is 5.75 Å². The summed E-state index contributed by atoms with van der Waals surface area (Å²) in [7, 11) is 1.60. The molecule has 0 spiro atoms. The highest BCUT2D eigenvalue weighted by molar-refractivity contribution is 5.96. The number of hydrogen-bond donors (Lipinski definition) is 1. The van der Waals surface area contributed by atoms with E-state index in [4.69, 9.17) is 9.47 Å². The average Bonchev–Trinajstić information content (AvgIpc) is 2.61. The second-order valence-corrected chi connectivity index (χ2v) is 5.19. The maximum atomic E-state index is 12.1. The Morgan fingerprint density at radius 2 is 1.87 bits per heavy atom. The topological polar surface area (TPSA) is 47.6 Å². The summed E-state index contributed by atoms with van der Waals surface area (Å²) < 4.78 is 10.7. The third-order valence-corrected chi connectivity index (χ3v) is 3.46. The number of carbonyl (C=O) groups is 1. The van der Waals surface area contributed by atoms with Gasteiger partial charge < -0.3 is 14.8 Å². The lowest BCUT2D eigenvalue weighted by atomic mass is 10.1. The molecule has 2 aromatic carbocycles. The van der Waals surface area contributed by atoms with Gasteiger partial charge in [0, 0.05) is 25.1 Å². The normalized spacial score (nSPS) is 10.5. The molecular formula is C19H23NO3. The van der Waals surface area contributed by atoms with E-state index >= 15 is 0 Å². The van der Waals surface area contributed by atoms with Crippen LogP contribution in [0.4, 0.5) is 0 Å². The number of ether oxygens (including phenoxy) is 2.